The summed E-state index contributed by atoms with van der Waals surface area (Å²) in [5.41, 5.74) is -0.521. The minimum Gasteiger partial charge on any atom is -0.508 e. The molecule has 1 N–H and O–H groups in total. The van der Waals surface area contributed by atoms with Crippen molar-refractivity contribution in [1.82, 2.24) is 19.9 Å². The number of pyridine rings is 1. The number of aromatic hydroxyl groups is 1. The first-order valence-corrected chi connectivity index (χ1v) is 15.0. The van der Waals surface area contributed by atoms with E-state index in [0.717, 1.165) is 25.8 Å². The van der Waals surface area contributed by atoms with Crippen molar-refractivity contribution in [2.24, 2.45) is 5.92 Å². The smallest absolute Gasteiger partial charge is 0.319 e. The Kier molecular flexibility index (Phi) is 6.36. The number of hydrogen-bond donors (Lipinski definition) is 1. The molecule has 11 heteroatoms. The van der Waals surface area contributed by atoms with E-state index >= 15 is 4.39 Å². The molecule has 8 nitrogen and oxygen atoms in total. The van der Waals surface area contributed by atoms with Crippen molar-refractivity contribution in [3.05, 3.63) is 47.7 Å². The molecule has 0 spiro atoms. The second kappa shape index (κ2) is 10.2. The monoisotopic (exact) mass is 601 g/mol. The summed E-state index contributed by atoms with van der Waals surface area (Å²) in [5.74, 6) is 1.61. The quantitative estimate of drug-likeness (QED) is 0.321. The lowest BCUT2D eigenvalue weighted by Gasteiger charge is -2.31. The first-order valence-electron chi connectivity index (χ1n) is 15.0. The Morgan fingerprint density at radius 1 is 1.18 bits per heavy atom. The van der Waals surface area contributed by atoms with Crippen LogP contribution in [0.25, 0.3) is 32.9 Å². The van der Waals surface area contributed by atoms with Gasteiger partial charge in [0, 0.05) is 42.6 Å². The maximum atomic E-state index is 16.7. The molecule has 0 amide bonds. The summed E-state index contributed by atoms with van der Waals surface area (Å²) in [6.07, 6.45) is 9.32. The van der Waals surface area contributed by atoms with E-state index in [1.165, 1.54) is 30.5 Å². The van der Waals surface area contributed by atoms with Gasteiger partial charge in [0.25, 0.3) is 0 Å². The molecule has 0 unspecified atom stereocenters. The normalized spacial score (nSPS) is 26.4. The van der Waals surface area contributed by atoms with Gasteiger partial charge in [-0.1, -0.05) is 12.0 Å². The molecule has 0 aliphatic carbocycles. The van der Waals surface area contributed by atoms with E-state index in [-0.39, 0.29) is 52.1 Å². The maximum absolute atomic E-state index is 16.7. The highest BCUT2D eigenvalue weighted by Gasteiger charge is 2.49. The van der Waals surface area contributed by atoms with Crippen LogP contribution >= 0.6 is 0 Å². The van der Waals surface area contributed by atoms with Gasteiger partial charge in [0.15, 0.2) is 5.82 Å². The van der Waals surface area contributed by atoms with Crippen molar-refractivity contribution in [3.8, 4) is 35.4 Å². The fraction of sp³-hybridized carbons (Fsp3) is 0.424. The fourth-order valence-corrected chi connectivity index (χ4v) is 7.82. The molecule has 2 aromatic carbocycles. The lowest BCUT2D eigenvalue weighted by Crippen LogP contribution is -2.43. The van der Waals surface area contributed by atoms with Gasteiger partial charge < -0.3 is 19.5 Å². The molecule has 4 aliphatic rings. The number of ether oxygens (including phenoxy) is 2. The Balaban J connectivity index is 1.29. The maximum Gasteiger partial charge on any atom is 0.319 e. The number of terminal acetylenes is 1. The Hall–Kier alpha value is -4.14. The SMILES string of the molecule is C#Cc1c(F)ccc2cc(O)cc(-c3ncc4c(N5C[C@@H]6COC[C@H]5C6)nc(OC[C@@]56CCCN5C[C@H](F)C6)nc4c3F)c12. The van der Waals surface area contributed by atoms with Gasteiger partial charge in [0.2, 0.25) is 0 Å². The van der Waals surface area contributed by atoms with Gasteiger partial charge in [-0.05, 0) is 49.4 Å². The van der Waals surface area contributed by atoms with Crippen LogP contribution in [0.5, 0.6) is 11.8 Å². The summed E-state index contributed by atoms with van der Waals surface area (Å²) >= 11 is 0. The minimum absolute atomic E-state index is 0.00873. The number of phenols is 1. The standard InChI is InChI=1S/C33H30F3N5O3/c1-2-23-26(35)5-4-19-9-22(42)10-24(27(19)23)29-28(36)30-25(12-37-29)31(41-13-18-8-21(41)16-43-15-18)39-32(38-30)44-17-33-6-3-7-40(33)14-20(34)11-33/h1,4-5,9-10,12,18,20-21,42H,3,6-8,11,13-17H2/t18-,20-,21-,33+/m1/s1. The third-order valence-electron chi connectivity index (χ3n) is 9.76. The van der Waals surface area contributed by atoms with E-state index in [4.69, 9.17) is 20.9 Å². The van der Waals surface area contributed by atoms with Crippen LogP contribution in [0.3, 0.4) is 0 Å². The Morgan fingerprint density at radius 2 is 2.07 bits per heavy atom. The molecule has 2 aromatic heterocycles. The van der Waals surface area contributed by atoms with Gasteiger partial charge in [-0.3, -0.25) is 9.88 Å². The van der Waals surface area contributed by atoms with Crippen molar-refractivity contribution < 1.29 is 27.8 Å². The number of alkyl halides is 1. The van der Waals surface area contributed by atoms with Gasteiger partial charge in [0.05, 0.1) is 35.7 Å². The van der Waals surface area contributed by atoms with Gasteiger partial charge in [0.1, 0.15) is 41.4 Å². The molecule has 8 rings (SSSR count). The molecule has 4 fully saturated rings. The van der Waals surface area contributed by atoms with Crippen molar-refractivity contribution in [3.63, 3.8) is 0 Å². The fourth-order valence-electron chi connectivity index (χ4n) is 7.82. The van der Waals surface area contributed by atoms with E-state index in [1.54, 1.807) is 0 Å². The van der Waals surface area contributed by atoms with Crippen LogP contribution in [-0.4, -0.2) is 82.2 Å². The number of halogens is 3. The van der Waals surface area contributed by atoms with Gasteiger partial charge in [-0.25, -0.2) is 13.2 Å². The predicted molar refractivity (Wildman–Crippen MR) is 158 cm³/mol. The molecular weight excluding hydrogens is 571 g/mol. The second-order valence-electron chi connectivity index (χ2n) is 12.5. The van der Waals surface area contributed by atoms with Crippen molar-refractivity contribution >= 4 is 27.5 Å². The number of benzene rings is 2. The Bertz CT molecular complexity index is 1870. The third kappa shape index (κ3) is 4.26. The first-order chi connectivity index (χ1) is 21.3. The summed E-state index contributed by atoms with van der Waals surface area (Å²) in [6.45, 7) is 3.24. The number of nitrogens with zero attached hydrogens (tertiary/aromatic N) is 5. The molecule has 226 valence electrons. The van der Waals surface area contributed by atoms with Crippen molar-refractivity contribution in [1.29, 1.82) is 0 Å². The topological polar surface area (TPSA) is 83.8 Å². The van der Waals surface area contributed by atoms with Crippen LogP contribution in [0.1, 0.15) is 31.2 Å². The van der Waals surface area contributed by atoms with E-state index in [0.29, 0.717) is 55.2 Å². The molecule has 6 heterocycles. The van der Waals surface area contributed by atoms with Gasteiger partial charge in [-0.15, -0.1) is 6.42 Å². The zero-order valence-electron chi connectivity index (χ0n) is 23.9. The number of rotatable bonds is 5. The summed E-state index contributed by atoms with van der Waals surface area (Å²) in [5, 5.41) is 11.6. The van der Waals surface area contributed by atoms with Crippen molar-refractivity contribution in [2.75, 3.05) is 44.4 Å². The number of anilines is 1. The predicted octanol–water partition coefficient (Wildman–Crippen LogP) is 4.99. The number of hydrogen-bond acceptors (Lipinski definition) is 8. The molecular formula is C33H30F3N5O3. The summed E-state index contributed by atoms with van der Waals surface area (Å²) in [4.78, 5) is 18.0. The zero-order valence-corrected chi connectivity index (χ0v) is 23.9. The number of aromatic nitrogens is 3. The van der Waals surface area contributed by atoms with Gasteiger partial charge >= 0.3 is 6.01 Å². The molecule has 2 bridgehead atoms. The van der Waals surface area contributed by atoms with E-state index < -0.39 is 23.3 Å². The van der Waals surface area contributed by atoms with E-state index in [9.17, 15) is 13.9 Å². The Labute approximate surface area is 251 Å². The molecule has 4 saturated heterocycles. The highest BCUT2D eigenvalue weighted by molar-refractivity contribution is 6.03. The number of fused-ring (bicyclic) bond motifs is 5. The number of phenolic OH excluding ortho intramolecular Hbond substituents is 1. The van der Waals surface area contributed by atoms with Crippen LogP contribution in [-0.2, 0) is 4.74 Å². The van der Waals surface area contributed by atoms with Crippen LogP contribution in [0.2, 0.25) is 0 Å². The van der Waals surface area contributed by atoms with E-state index in [2.05, 4.69) is 25.7 Å². The van der Waals surface area contributed by atoms with Crippen LogP contribution in [0, 0.1) is 29.9 Å². The molecule has 0 saturated carbocycles. The average Bonchev–Trinajstić information content (AvgIpc) is 3.64. The largest absolute Gasteiger partial charge is 0.508 e. The summed E-state index contributed by atoms with van der Waals surface area (Å²) < 4.78 is 58.0. The highest BCUT2D eigenvalue weighted by Crippen LogP contribution is 2.42. The molecule has 4 atom stereocenters. The van der Waals surface area contributed by atoms with Crippen LogP contribution in [0.4, 0.5) is 19.0 Å². The first kappa shape index (κ1) is 27.4. The summed E-state index contributed by atoms with van der Waals surface area (Å²) in [7, 11) is 0. The molecule has 4 aromatic rings. The lowest BCUT2D eigenvalue weighted by molar-refractivity contribution is 0.0701. The van der Waals surface area contributed by atoms with Crippen molar-refractivity contribution in [2.45, 2.75) is 43.4 Å². The molecule has 44 heavy (non-hydrogen) atoms. The minimum atomic E-state index is -0.920. The molecule has 0 radical (unpaired) electrons. The highest BCUT2D eigenvalue weighted by atomic mass is 19.1. The lowest BCUT2D eigenvalue weighted by atomic mass is 9.95. The van der Waals surface area contributed by atoms with Gasteiger partial charge in [-0.2, -0.15) is 9.97 Å². The molecule has 4 aliphatic heterocycles. The zero-order chi connectivity index (χ0) is 30.2. The summed E-state index contributed by atoms with van der Waals surface area (Å²) in [6, 6.07) is 5.50. The van der Waals surface area contributed by atoms with E-state index in [1.807, 2.05) is 0 Å². The average molecular weight is 602 g/mol. The second-order valence-corrected chi connectivity index (χ2v) is 12.5. The van der Waals surface area contributed by atoms with Crippen LogP contribution in [0.15, 0.2) is 30.5 Å². The third-order valence-corrected chi connectivity index (χ3v) is 9.76. The Morgan fingerprint density at radius 3 is 2.91 bits per heavy atom. The van der Waals surface area contributed by atoms with Crippen LogP contribution < -0.4 is 9.64 Å².